The maximum atomic E-state index is 11.9. The van der Waals surface area contributed by atoms with Crippen LogP contribution in [0.4, 0.5) is 0 Å². The van der Waals surface area contributed by atoms with Gasteiger partial charge in [-0.3, -0.25) is 10.1 Å². The highest BCUT2D eigenvalue weighted by Crippen LogP contribution is 2.12. The first-order valence-electron chi connectivity index (χ1n) is 5.90. The van der Waals surface area contributed by atoms with Crippen molar-refractivity contribution in [3.63, 3.8) is 0 Å². The van der Waals surface area contributed by atoms with Crippen LogP contribution in [0.5, 0.6) is 0 Å². The number of H-pyrrole nitrogens is 1. The van der Waals surface area contributed by atoms with Gasteiger partial charge in [0.05, 0.1) is 36.4 Å². The van der Waals surface area contributed by atoms with Gasteiger partial charge in [0, 0.05) is 13.0 Å². The fourth-order valence-corrected chi connectivity index (χ4v) is 1.93. The summed E-state index contributed by atoms with van der Waals surface area (Å²) in [5.74, 6) is -0.0699. The molecular formula is C11H18N4O2. The second kappa shape index (κ2) is 5.29. The van der Waals surface area contributed by atoms with Gasteiger partial charge >= 0.3 is 0 Å². The number of amides is 1. The maximum Gasteiger partial charge on any atom is 0.237 e. The number of aromatic nitrogens is 2. The molecule has 0 radical (unpaired) electrons. The van der Waals surface area contributed by atoms with Crippen molar-refractivity contribution in [2.24, 2.45) is 0 Å². The molecule has 94 valence electrons. The molecule has 17 heavy (non-hydrogen) atoms. The predicted octanol–water partition coefficient (Wildman–Crippen LogP) is -0.689. The highest BCUT2D eigenvalue weighted by Gasteiger charge is 2.26. The third-order valence-corrected chi connectivity index (χ3v) is 3.11. The van der Waals surface area contributed by atoms with Gasteiger partial charge in [0.1, 0.15) is 0 Å². The van der Waals surface area contributed by atoms with E-state index in [2.05, 4.69) is 20.6 Å². The molecule has 0 saturated heterocycles. The number of imidazole rings is 1. The number of aliphatic hydroxyl groups is 1. The molecular weight excluding hydrogens is 220 g/mol. The quantitative estimate of drug-likeness (QED) is 0.559. The molecule has 1 amide bonds. The normalized spacial score (nSPS) is 20.7. The van der Waals surface area contributed by atoms with Crippen molar-refractivity contribution < 1.29 is 9.90 Å². The largest absolute Gasteiger partial charge is 0.394 e. The lowest BCUT2D eigenvalue weighted by atomic mass is 10.0. The summed E-state index contributed by atoms with van der Waals surface area (Å²) in [6.07, 6.45) is 2.96. The lowest BCUT2D eigenvalue weighted by molar-refractivity contribution is -0.124. The Kier molecular flexibility index (Phi) is 3.75. The lowest BCUT2D eigenvalue weighted by Gasteiger charge is -2.24. The van der Waals surface area contributed by atoms with Crippen molar-refractivity contribution in [1.82, 2.24) is 20.6 Å². The highest BCUT2D eigenvalue weighted by atomic mass is 16.3. The van der Waals surface area contributed by atoms with Gasteiger partial charge in [-0.15, -0.1) is 0 Å². The first kappa shape index (κ1) is 12.1. The van der Waals surface area contributed by atoms with E-state index >= 15 is 0 Å². The Morgan fingerprint density at radius 1 is 1.76 bits per heavy atom. The molecule has 4 N–H and O–H groups in total. The molecule has 2 rings (SSSR count). The first-order chi connectivity index (χ1) is 8.24. The number of hydrogen-bond donors (Lipinski definition) is 4. The van der Waals surface area contributed by atoms with E-state index in [1.165, 1.54) is 0 Å². The number of fused-ring (bicyclic) bond motifs is 1. The van der Waals surface area contributed by atoms with Crippen molar-refractivity contribution in [3.05, 3.63) is 17.7 Å². The van der Waals surface area contributed by atoms with Crippen molar-refractivity contribution in [2.45, 2.75) is 38.4 Å². The van der Waals surface area contributed by atoms with Crippen LogP contribution in [0.3, 0.4) is 0 Å². The van der Waals surface area contributed by atoms with Crippen LogP contribution >= 0.6 is 0 Å². The summed E-state index contributed by atoms with van der Waals surface area (Å²) in [5.41, 5.74) is 1.99. The standard InChI is InChI=1S/C11H18N4O2/c1-2-7(5-16)15-11(17)9-3-8-10(4-12-9)14-6-13-8/h6-7,9,12,16H,2-5H2,1H3,(H,13,14)(H,15,17)/t7-,9?/m1/s1. The molecule has 1 aromatic rings. The van der Waals surface area contributed by atoms with E-state index in [9.17, 15) is 4.79 Å². The number of nitrogens with one attached hydrogen (secondary N) is 3. The van der Waals surface area contributed by atoms with Crippen LogP contribution < -0.4 is 10.6 Å². The molecule has 1 unspecified atom stereocenters. The van der Waals surface area contributed by atoms with Crippen molar-refractivity contribution in [1.29, 1.82) is 0 Å². The van der Waals surface area contributed by atoms with Crippen molar-refractivity contribution >= 4 is 5.91 Å². The Hall–Kier alpha value is -1.40. The minimum Gasteiger partial charge on any atom is -0.394 e. The fraction of sp³-hybridized carbons (Fsp3) is 0.636. The molecule has 6 nitrogen and oxygen atoms in total. The summed E-state index contributed by atoms with van der Waals surface area (Å²) in [6, 6.07) is -0.420. The summed E-state index contributed by atoms with van der Waals surface area (Å²) in [6.45, 7) is 2.53. The third kappa shape index (κ3) is 2.65. The summed E-state index contributed by atoms with van der Waals surface area (Å²) in [7, 11) is 0. The van der Waals surface area contributed by atoms with Gasteiger partial charge in [-0.1, -0.05) is 6.92 Å². The Balaban J connectivity index is 1.94. The summed E-state index contributed by atoms with van der Waals surface area (Å²) in [5, 5.41) is 15.0. The van der Waals surface area contributed by atoms with Crippen LogP contribution in [0.25, 0.3) is 0 Å². The smallest absolute Gasteiger partial charge is 0.237 e. The molecule has 2 atom stereocenters. The molecule has 6 heteroatoms. The van der Waals surface area contributed by atoms with Crippen LogP contribution in [0, 0.1) is 0 Å². The number of aliphatic hydroxyl groups excluding tert-OH is 1. The van der Waals surface area contributed by atoms with Crippen molar-refractivity contribution in [3.8, 4) is 0 Å². The Labute approximate surface area is 99.8 Å². The Bertz CT molecular complexity index is 387. The summed E-state index contributed by atoms with van der Waals surface area (Å²) >= 11 is 0. The second-order valence-electron chi connectivity index (χ2n) is 4.26. The molecule has 0 spiro atoms. The minimum atomic E-state index is -0.258. The average molecular weight is 238 g/mol. The summed E-state index contributed by atoms with van der Waals surface area (Å²) in [4.78, 5) is 19.2. The Morgan fingerprint density at radius 3 is 3.29 bits per heavy atom. The van der Waals surface area contributed by atoms with Crippen LogP contribution in [0.15, 0.2) is 6.33 Å². The van der Waals surface area contributed by atoms with Gasteiger partial charge in [-0.25, -0.2) is 4.98 Å². The van der Waals surface area contributed by atoms with Gasteiger partial charge in [0.25, 0.3) is 0 Å². The fourth-order valence-electron chi connectivity index (χ4n) is 1.93. The SMILES string of the molecule is CC[C@H](CO)NC(=O)C1Cc2nc[nH]c2CN1. The van der Waals surface area contributed by atoms with E-state index in [1.807, 2.05) is 6.92 Å². The van der Waals surface area contributed by atoms with Gasteiger partial charge in [0.2, 0.25) is 5.91 Å². The molecule has 0 saturated carbocycles. The monoisotopic (exact) mass is 238 g/mol. The zero-order valence-electron chi connectivity index (χ0n) is 9.86. The van der Waals surface area contributed by atoms with Gasteiger partial charge < -0.3 is 15.4 Å². The third-order valence-electron chi connectivity index (χ3n) is 3.11. The highest BCUT2D eigenvalue weighted by molar-refractivity contribution is 5.82. The van der Waals surface area contributed by atoms with E-state index in [4.69, 9.17) is 5.11 Å². The van der Waals surface area contributed by atoms with Crippen LogP contribution in [-0.4, -0.2) is 39.7 Å². The molecule has 2 heterocycles. The molecule has 0 fully saturated rings. The number of rotatable bonds is 4. The Morgan fingerprint density at radius 2 is 2.59 bits per heavy atom. The predicted molar refractivity (Wildman–Crippen MR) is 62.2 cm³/mol. The molecule has 1 aliphatic rings. The van der Waals surface area contributed by atoms with E-state index in [1.54, 1.807) is 6.33 Å². The molecule has 1 aliphatic heterocycles. The molecule has 0 bridgehead atoms. The molecule has 0 aliphatic carbocycles. The van der Waals surface area contributed by atoms with Gasteiger partial charge in [0.15, 0.2) is 0 Å². The number of aromatic amines is 1. The first-order valence-corrected chi connectivity index (χ1v) is 5.90. The average Bonchev–Trinajstić information content (AvgIpc) is 2.82. The number of nitrogens with zero attached hydrogens (tertiary/aromatic N) is 1. The van der Waals surface area contributed by atoms with E-state index in [-0.39, 0.29) is 24.6 Å². The van der Waals surface area contributed by atoms with E-state index in [0.29, 0.717) is 13.0 Å². The van der Waals surface area contributed by atoms with Crippen LogP contribution in [0.1, 0.15) is 24.7 Å². The minimum absolute atomic E-state index is 0.0252. The number of carbonyl (C=O) groups is 1. The zero-order chi connectivity index (χ0) is 12.3. The van der Waals surface area contributed by atoms with Gasteiger partial charge in [-0.05, 0) is 6.42 Å². The van der Waals surface area contributed by atoms with E-state index < -0.39 is 0 Å². The molecule has 1 aromatic heterocycles. The number of hydrogen-bond acceptors (Lipinski definition) is 4. The van der Waals surface area contributed by atoms with Gasteiger partial charge in [-0.2, -0.15) is 0 Å². The topological polar surface area (TPSA) is 90.0 Å². The van der Waals surface area contributed by atoms with E-state index in [0.717, 1.165) is 17.8 Å². The number of carbonyl (C=O) groups excluding carboxylic acids is 1. The lowest BCUT2D eigenvalue weighted by Crippen LogP contribution is -2.51. The zero-order valence-corrected chi connectivity index (χ0v) is 9.86. The van der Waals surface area contributed by atoms with Crippen LogP contribution in [-0.2, 0) is 17.8 Å². The molecule has 0 aromatic carbocycles. The summed E-state index contributed by atoms with van der Waals surface area (Å²) < 4.78 is 0. The maximum absolute atomic E-state index is 11.9. The van der Waals surface area contributed by atoms with Crippen LogP contribution in [0.2, 0.25) is 0 Å². The van der Waals surface area contributed by atoms with Crippen molar-refractivity contribution in [2.75, 3.05) is 6.61 Å². The second-order valence-corrected chi connectivity index (χ2v) is 4.26.